The van der Waals surface area contributed by atoms with E-state index in [2.05, 4.69) is 25.4 Å². The van der Waals surface area contributed by atoms with Gasteiger partial charge in [0.05, 0.1) is 5.92 Å². The fraction of sp³-hybridized carbons (Fsp3) is 0.235. The van der Waals surface area contributed by atoms with Crippen LogP contribution in [0.3, 0.4) is 0 Å². The highest BCUT2D eigenvalue weighted by Gasteiger charge is 2.33. The Labute approximate surface area is 154 Å². The predicted molar refractivity (Wildman–Crippen MR) is 99.5 cm³/mol. The molecule has 0 unspecified atom stereocenters. The van der Waals surface area contributed by atoms with Crippen LogP contribution in [0.2, 0.25) is 0 Å². The van der Waals surface area contributed by atoms with Crippen LogP contribution in [-0.4, -0.2) is 50.0 Å². The molecule has 1 amide bonds. The highest BCUT2D eigenvalue weighted by Crippen LogP contribution is 2.25. The van der Waals surface area contributed by atoms with Crippen LogP contribution in [0.25, 0.3) is 5.82 Å². The first-order valence-electron chi connectivity index (χ1n) is 8.10. The van der Waals surface area contributed by atoms with Gasteiger partial charge in [0.15, 0.2) is 5.82 Å². The second kappa shape index (κ2) is 7.12. The van der Waals surface area contributed by atoms with E-state index in [1.54, 1.807) is 22.8 Å². The van der Waals surface area contributed by atoms with Crippen molar-refractivity contribution in [3.63, 3.8) is 0 Å². The van der Waals surface area contributed by atoms with Crippen LogP contribution in [0.4, 0.5) is 11.5 Å². The molecule has 1 aromatic carbocycles. The van der Waals surface area contributed by atoms with Crippen LogP contribution in [0.15, 0.2) is 54.2 Å². The van der Waals surface area contributed by atoms with Gasteiger partial charge in [0, 0.05) is 29.7 Å². The van der Waals surface area contributed by atoms with Gasteiger partial charge in [-0.3, -0.25) is 4.79 Å². The number of amides is 1. The lowest BCUT2D eigenvalue weighted by Gasteiger charge is -2.39. The van der Waals surface area contributed by atoms with Crippen LogP contribution in [0, 0.1) is 5.92 Å². The van der Waals surface area contributed by atoms with Crippen molar-refractivity contribution in [1.82, 2.24) is 24.7 Å². The van der Waals surface area contributed by atoms with E-state index in [0.29, 0.717) is 18.9 Å². The van der Waals surface area contributed by atoms with Crippen molar-refractivity contribution in [3.05, 3.63) is 49.3 Å². The minimum Gasteiger partial charge on any atom is -0.355 e. The van der Waals surface area contributed by atoms with Crippen molar-refractivity contribution in [1.29, 1.82) is 0 Å². The maximum absolute atomic E-state index is 12.4. The Balaban J connectivity index is 1.38. The molecule has 9 heteroatoms. The molecule has 1 aliphatic heterocycles. The molecule has 0 radical (unpaired) electrons. The van der Waals surface area contributed by atoms with Gasteiger partial charge < -0.3 is 10.2 Å². The Kier molecular flexibility index (Phi) is 4.53. The van der Waals surface area contributed by atoms with Gasteiger partial charge in [0.2, 0.25) is 5.91 Å². The average Bonchev–Trinajstić information content (AvgIpc) is 3.15. The topological polar surface area (TPSA) is 88.8 Å². The largest absolute Gasteiger partial charge is 0.355 e. The van der Waals surface area contributed by atoms with Gasteiger partial charge in [-0.05, 0) is 24.5 Å². The third-order valence-electron chi connectivity index (χ3n) is 4.21. The van der Waals surface area contributed by atoms with Crippen molar-refractivity contribution in [2.24, 2.45) is 5.92 Å². The second-order valence-corrected chi connectivity index (χ2v) is 6.78. The van der Waals surface area contributed by atoms with E-state index < -0.39 is 0 Å². The summed E-state index contributed by atoms with van der Waals surface area (Å²) >= 11 is 1.65. The number of rotatable bonds is 5. The Hall–Kier alpha value is -2.94. The van der Waals surface area contributed by atoms with Gasteiger partial charge in [-0.2, -0.15) is 5.10 Å². The number of carbonyl (C=O) groups excluding carboxylic acids is 1. The molecule has 3 aromatic rings. The van der Waals surface area contributed by atoms with Crippen LogP contribution in [0.1, 0.15) is 0 Å². The molecule has 2 aromatic heterocycles. The minimum atomic E-state index is -0.0577. The van der Waals surface area contributed by atoms with E-state index in [1.165, 1.54) is 12.7 Å². The molecular weight excluding hydrogens is 350 g/mol. The Morgan fingerprint density at radius 2 is 2.04 bits per heavy atom. The fourth-order valence-electron chi connectivity index (χ4n) is 2.74. The molecular formula is C17H17N7OS. The molecule has 4 rings (SSSR count). The van der Waals surface area contributed by atoms with Gasteiger partial charge in [0.1, 0.15) is 24.8 Å². The van der Waals surface area contributed by atoms with Gasteiger partial charge in [0.25, 0.3) is 0 Å². The zero-order valence-electron chi connectivity index (χ0n) is 14.1. The van der Waals surface area contributed by atoms with Crippen molar-refractivity contribution in [2.75, 3.05) is 29.6 Å². The Bertz CT molecular complexity index is 909. The van der Waals surface area contributed by atoms with E-state index in [-0.39, 0.29) is 11.8 Å². The molecule has 0 bridgehead atoms. The lowest BCUT2D eigenvalue weighted by Crippen LogP contribution is -2.52. The third-order valence-corrected chi connectivity index (χ3v) is 4.93. The van der Waals surface area contributed by atoms with Crippen LogP contribution < -0.4 is 10.2 Å². The summed E-state index contributed by atoms with van der Waals surface area (Å²) in [5.41, 5.74) is 0.829. The minimum absolute atomic E-state index is 0.0325. The number of aromatic nitrogens is 5. The summed E-state index contributed by atoms with van der Waals surface area (Å²) in [6.07, 6.45) is 6.55. The number of thioether (sulfide) groups is 1. The molecule has 0 spiro atoms. The molecule has 1 aliphatic rings. The second-order valence-electron chi connectivity index (χ2n) is 5.90. The highest BCUT2D eigenvalue weighted by molar-refractivity contribution is 7.98. The van der Waals surface area contributed by atoms with Crippen molar-refractivity contribution >= 4 is 29.2 Å². The van der Waals surface area contributed by atoms with Crippen LogP contribution in [-0.2, 0) is 4.79 Å². The Morgan fingerprint density at radius 1 is 1.19 bits per heavy atom. The van der Waals surface area contributed by atoms with E-state index >= 15 is 0 Å². The molecule has 1 saturated heterocycles. The summed E-state index contributed by atoms with van der Waals surface area (Å²) in [5, 5.41) is 7.06. The van der Waals surface area contributed by atoms with Gasteiger partial charge in [-0.1, -0.05) is 6.07 Å². The molecule has 132 valence electrons. The van der Waals surface area contributed by atoms with Crippen molar-refractivity contribution in [2.45, 2.75) is 4.90 Å². The van der Waals surface area contributed by atoms with Crippen molar-refractivity contribution < 1.29 is 4.79 Å². The molecule has 0 atom stereocenters. The first-order chi connectivity index (χ1) is 12.7. The lowest BCUT2D eigenvalue weighted by atomic mass is 9.99. The summed E-state index contributed by atoms with van der Waals surface area (Å²) in [4.78, 5) is 28.0. The number of benzene rings is 1. The third kappa shape index (κ3) is 3.38. The van der Waals surface area contributed by atoms with E-state index in [0.717, 1.165) is 16.4 Å². The molecule has 1 N–H and O–H groups in total. The molecule has 1 fully saturated rings. The smallest absolute Gasteiger partial charge is 0.231 e. The standard InChI is InChI=1S/C17H17N7OS/c1-26-14-4-2-3-13(5-14)22-17(25)12-7-23(8-12)15-6-16(20-10-19-15)24-11-18-9-21-24/h2-6,9-12H,7-8H2,1H3,(H,22,25). The molecule has 26 heavy (non-hydrogen) atoms. The quantitative estimate of drug-likeness (QED) is 0.689. The summed E-state index contributed by atoms with van der Waals surface area (Å²) in [6.45, 7) is 1.25. The Morgan fingerprint density at radius 3 is 2.81 bits per heavy atom. The molecule has 8 nitrogen and oxygen atoms in total. The monoisotopic (exact) mass is 367 g/mol. The zero-order chi connectivity index (χ0) is 17.9. The summed E-state index contributed by atoms with van der Waals surface area (Å²) in [6, 6.07) is 9.69. The molecule has 0 saturated carbocycles. The maximum Gasteiger partial charge on any atom is 0.231 e. The van der Waals surface area contributed by atoms with E-state index in [4.69, 9.17) is 0 Å². The average molecular weight is 367 g/mol. The highest BCUT2D eigenvalue weighted by atomic mass is 32.2. The zero-order valence-corrected chi connectivity index (χ0v) is 14.9. The molecule has 3 heterocycles. The normalized spacial score (nSPS) is 14.1. The number of anilines is 2. The van der Waals surface area contributed by atoms with Crippen LogP contribution in [0.5, 0.6) is 0 Å². The van der Waals surface area contributed by atoms with Gasteiger partial charge >= 0.3 is 0 Å². The first kappa shape index (κ1) is 16.5. The lowest BCUT2D eigenvalue weighted by molar-refractivity contribution is -0.120. The molecule has 0 aliphatic carbocycles. The predicted octanol–water partition coefficient (Wildman–Crippen LogP) is 1.85. The van der Waals surface area contributed by atoms with E-state index in [9.17, 15) is 4.79 Å². The van der Waals surface area contributed by atoms with Crippen molar-refractivity contribution in [3.8, 4) is 5.82 Å². The number of hydrogen-bond donors (Lipinski definition) is 1. The fourth-order valence-corrected chi connectivity index (χ4v) is 3.20. The first-order valence-corrected chi connectivity index (χ1v) is 9.32. The summed E-state index contributed by atoms with van der Waals surface area (Å²) in [5.74, 6) is 1.40. The summed E-state index contributed by atoms with van der Waals surface area (Å²) < 4.78 is 1.58. The number of nitrogens with zero attached hydrogens (tertiary/aromatic N) is 6. The van der Waals surface area contributed by atoms with Gasteiger partial charge in [-0.15, -0.1) is 11.8 Å². The SMILES string of the molecule is CSc1cccc(NC(=O)C2CN(c3cc(-n4cncn4)ncn3)C2)c1. The number of hydrogen-bond acceptors (Lipinski definition) is 7. The van der Waals surface area contributed by atoms with Crippen LogP contribution >= 0.6 is 11.8 Å². The summed E-state index contributed by atoms with van der Waals surface area (Å²) in [7, 11) is 0. The van der Waals surface area contributed by atoms with E-state index in [1.807, 2.05) is 41.5 Å². The number of nitrogens with one attached hydrogen (secondary N) is 1. The van der Waals surface area contributed by atoms with Gasteiger partial charge in [-0.25, -0.2) is 19.6 Å². The maximum atomic E-state index is 12.4. The number of carbonyl (C=O) groups is 1.